The maximum Gasteiger partial charge on any atom is 0.119 e. The van der Waals surface area contributed by atoms with Crippen molar-refractivity contribution in [2.75, 3.05) is 13.7 Å². The van der Waals surface area contributed by atoms with Crippen LogP contribution in [0.3, 0.4) is 0 Å². The van der Waals surface area contributed by atoms with E-state index in [0.29, 0.717) is 6.54 Å². The Labute approximate surface area is 102 Å². The van der Waals surface area contributed by atoms with Crippen LogP contribution in [0.25, 0.3) is 10.9 Å². The van der Waals surface area contributed by atoms with E-state index in [2.05, 4.69) is 29.8 Å². The van der Waals surface area contributed by atoms with E-state index in [1.165, 1.54) is 16.5 Å². The number of hydrogen-bond donors (Lipinski definition) is 1. The third-order valence-corrected chi connectivity index (χ3v) is 3.03. The van der Waals surface area contributed by atoms with Gasteiger partial charge in [0.1, 0.15) is 5.75 Å². The van der Waals surface area contributed by atoms with Gasteiger partial charge in [-0.15, -0.1) is 0 Å². The van der Waals surface area contributed by atoms with Crippen molar-refractivity contribution in [2.45, 2.75) is 26.3 Å². The van der Waals surface area contributed by atoms with Crippen LogP contribution in [0.5, 0.6) is 5.75 Å². The van der Waals surface area contributed by atoms with Gasteiger partial charge in [0.05, 0.1) is 13.7 Å². The van der Waals surface area contributed by atoms with Gasteiger partial charge in [-0.3, -0.25) is 0 Å². The highest BCUT2D eigenvalue weighted by atomic mass is 16.5. The zero-order valence-electron chi connectivity index (χ0n) is 10.4. The monoisotopic (exact) mass is 233 g/mol. The molecule has 0 aliphatic carbocycles. The average molecular weight is 233 g/mol. The van der Waals surface area contributed by atoms with E-state index in [-0.39, 0.29) is 6.61 Å². The van der Waals surface area contributed by atoms with Crippen LogP contribution in [-0.2, 0) is 13.0 Å². The molecule has 0 spiro atoms. The molecule has 0 unspecified atom stereocenters. The highest BCUT2D eigenvalue weighted by molar-refractivity contribution is 5.85. The van der Waals surface area contributed by atoms with E-state index in [1.54, 1.807) is 7.11 Å². The van der Waals surface area contributed by atoms with E-state index in [4.69, 9.17) is 9.84 Å². The Balaban J connectivity index is 2.54. The molecular formula is C14H19NO2. The third-order valence-electron chi connectivity index (χ3n) is 3.03. The molecule has 1 aromatic carbocycles. The fourth-order valence-corrected chi connectivity index (χ4v) is 2.24. The third kappa shape index (κ3) is 2.29. The van der Waals surface area contributed by atoms with E-state index in [1.807, 2.05) is 6.07 Å². The molecular weight excluding hydrogens is 214 g/mol. The molecule has 1 aromatic heterocycles. The number of nitrogens with zero attached hydrogens (tertiary/aromatic N) is 1. The molecule has 1 heterocycles. The highest BCUT2D eigenvalue weighted by Gasteiger charge is 2.08. The molecule has 0 saturated carbocycles. The van der Waals surface area contributed by atoms with Gasteiger partial charge in [-0.1, -0.05) is 13.3 Å². The van der Waals surface area contributed by atoms with Crippen LogP contribution < -0.4 is 4.74 Å². The first-order valence-electron chi connectivity index (χ1n) is 6.06. The summed E-state index contributed by atoms with van der Waals surface area (Å²) in [6, 6.07) is 6.10. The maximum atomic E-state index is 9.07. The Morgan fingerprint density at radius 1 is 1.35 bits per heavy atom. The maximum absolute atomic E-state index is 9.07. The number of rotatable bonds is 5. The molecule has 3 heteroatoms. The molecule has 0 amide bonds. The predicted molar refractivity (Wildman–Crippen MR) is 69.6 cm³/mol. The van der Waals surface area contributed by atoms with E-state index in [9.17, 15) is 0 Å². The Morgan fingerprint density at radius 2 is 2.18 bits per heavy atom. The summed E-state index contributed by atoms with van der Waals surface area (Å²) in [6.45, 7) is 2.99. The summed E-state index contributed by atoms with van der Waals surface area (Å²) < 4.78 is 7.38. The van der Waals surface area contributed by atoms with Crippen LogP contribution in [0.1, 0.15) is 18.9 Å². The molecule has 0 aliphatic heterocycles. The van der Waals surface area contributed by atoms with Gasteiger partial charge in [0.15, 0.2) is 0 Å². The van der Waals surface area contributed by atoms with Crippen molar-refractivity contribution in [2.24, 2.45) is 0 Å². The first-order valence-corrected chi connectivity index (χ1v) is 6.06. The van der Waals surface area contributed by atoms with Crippen molar-refractivity contribution in [3.05, 3.63) is 30.0 Å². The zero-order chi connectivity index (χ0) is 12.3. The molecule has 1 N–H and O–H groups in total. The quantitative estimate of drug-likeness (QED) is 0.861. The molecule has 0 bridgehead atoms. The lowest BCUT2D eigenvalue weighted by Gasteiger charge is -2.03. The number of hydrogen-bond acceptors (Lipinski definition) is 2. The van der Waals surface area contributed by atoms with E-state index in [0.717, 1.165) is 18.6 Å². The summed E-state index contributed by atoms with van der Waals surface area (Å²) in [4.78, 5) is 0. The summed E-state index contributed by atoms with van der Waals surface area (Å²) in [5, 5.41) is 10.3. The van der Waals surface area contributed by atoms with Crippen LogP contribution in [0.2, 0.25) is 0 Å². The van der Waals surface area contributed by atoms with Crippen molar-refractivity contribution in [3.8, 4) is 5.75 Å². The van der Waals surface area contributed by atoms with Gasteiger partial charge in [0, 0.05) is 23.6 Å². The fraction of sp³-hybridized carbons (Fsp3) is 0.429. The molecule has 2 rings (SSSR count). The lowest BCUT2D eigenvalue weighted by Crippen LogP contribution is -1.99. The second-order valence-corrected chi connectivity index (χ2v) is 4.20. The van der Waals surface area contributed by atoms with Crippen molar-refractivity contribution < 1.29 is 9.84 Å². The lowest BCUT2D eigenvalue weighted by molar-refractivity contribution is 0.278. The SMILES string of the molecule is CCCc1cn(CCO)c2ccc(OC)cc12. The molecule has 92 valence electrons. The Kier molecular flexibility index (Phi) is 3.69. The van der Waals surface area contributed by atoms with Gasteiger partial charge in [0.25, 0.3) is 0 Å². The number of ether oxygens (including phenoxy) is 1. The smallest absolute Gasteiger partial charge is 0.119 e. The number of benzene rings is 1. The van der Waals surface area contributed by atoms with Crippen molar-refractivity contribution in [1.82, 2.24) is 4.57 Å². The standard InChI is InChI=1S/C14H19NO2/c1-3-4-11-10-15(7-8-16)14-6-5-12(17-2)9-13(11)14/h5-6,9-10,16H,3-4,7-8H2,1-2H3. The summed E-state index contributed by atoms with van der Waals surface area (Å²) in [7, 11) is 1.69. The van der Waals surface area contributed by atoms with Crippen molar-refractivity contribution in [1.29, 1.82) is 0 Å². The average Bonchev–Trinajstić information content (AvgIpc) is 2.68. The van der Waals surface area contributed by atoms with E-state index < -0.39 is 0 Å². The lowest BCUT2D eigenvalue weighted by atomic mass is 10.1. The topological polar surface area (TPSA) is 34.4 Å². The van der Waals surface area contributed by atoms with Gasteiger partial charge in [-0.2, -0.15) is 0 Å². The zero-order valence-corrected chi connectivity index (χ0v) is 10.4. The number of fused-ring (bicyclic) bond motifs is 1. The number of methoxy groups -OCH3 is 1. The van der Waals surface area contributed by atoms with Crippen LogP contribution in [0, 0.1) is 0 Å². The van der Waals surface area contributed by atoms with Gasteiger partial charge in [-0.05, 0) is 30.2 Å². The Bertz CT molecular complexity index is 502. The molecule has 0 fully saturated rings. The minimum Gasteiger partial charge on any atom is -0.497 e. The summed E-state index contributed by atoms with van der Waals surface area (Å²) >= 11 is 0. The number of aromatic nitrogens is 1. The van der Waals surface area contributed by atoms with Gasteiger partial charge in [-0.25, -0.2) is 0 Å². The molecule has 3 nitrogen and oxygen atoms in total. The molecule has 0 aliphatic rings. The number of aliphatic hydroxyl groups is 1. The van der Waals surface area contributed by atoms with Gasteiger partial charge in [0.2, 0.25) is 0 Å². The van der Waals surface area contributed by atoms with Crippen LogP contribution >= 0.6 is 0 Å². The van der Waals surface area contributed by atoms with Crippen molar-refractivity contribution in [3.63, 3.8) is 0 Å². The molecule has 0 saturated heterocycles. The number of aliphatic hydroxyl groups excluding tert-OH is 1. The van der Waals surface area contributed by atoms with Gasteiger partial charge < -0.3 is 14.4 Å². The molecule has 17 heavy (non-hydrogen) atoms. The predicted octanol–water partition coefficient (Wildman–Crippen LogP) is 2.59. The first-order chi connectivity index (χ1) is 8.30. The second-order valence-electron chi connectivity index (χ2n) is 4.20. The summed E-state index contributed by atoms with van der Waals surface area (Å²) in [5.74, 6) is 0.886. The van der Waals surface area contributed by atoms with Crippen LogP contribution in [-0.4, -0.2) is 23.4 Å². The highest BCUT2D eigenvalue weighted by Crippen LogP contribution is 2.26. The number of aryl methyl sites for hydroxylation is 1. The van der Waals surface area contributed by atoms with Crippen LogP contribution in [0.4, 0.5) is 0 Å². The van der Waals surface area contributed by atoms with Crippen molar-refractivity contribution >= 4 is 10.9 Å². The van der Waals surface area contributed by atoms with Crippen LogP contribution in [0.15, 0.2) is 24.4 Å². The summed E-state index contributed by atoms with van der Waals surface area (Å²) in [5.41, 5.74) is 2.50. The first kappa shape index (κ1) is 12.0. The van der Waals surface area contributed by atoms with Gasteiger partial charge >= 0.3 is 0 Å². The Morgan fingerprint density at radius 3 is 2.82 bits per heavy atom. The second kappa shape index (κ2) is 5.23. The van der Waals surface area contributed by atoms with E-state index >= 15 is 0 Å². The molecule has 0 radical (unpaired) electrons. The summed E-state index contributed by atoms with van der Waals surface area (Å²) in [6.07, 6.45) is 4.32. The molecule has 2 aromatic rings. The fourth-order valence-electron chi connectivity index (χ4n) is 2.24. The molecule has 0 atom stereocenters. The largest absolute Gasteiger partial charge is 0.497 e. The minimum absolute atomic E-state index is 0.168. The minimum atomic E-state index is 0.168. The Hall–Kier alpha value is -1.48. The normalized spacial score (nSPS) is 11.0.